The van der Waals surface area contributed by atoms with E-state index in [1.165, 1.54) is 0 Å². The summed E-state index contributed by atoms with van der Waals surface area (Å²) in [6.45, 7) is 8.64. The number of amides is 1. The molecule has 0 spiro atoms. The molecule has 1 N–H and O–H groups in total. The first-order valence-electron chi connectivity index (χ1n) is 6.07. The Labute approximate surface area is 96.7 Å². The van der Waals surface area contributed by atoms with Crippen LogP contribution in [0.5, 0.6) is 0 Å². The third-order valence-corrected chi connectivity index (χ3v) is 3.26. The summed E-state index contributed by atoms with van der Waals surface area (Å²) in [6, 6.07) is 0.226. The smallest absolute Gasteiger partial charge is 0.237 e. The summed E-state index contributed by atoms with van der Waals surface area (Å²) in [6.07, 6.45) is 0. The lowest BCUT2D eigenvalue weighted by Gasteiger charge is -2.35. The monoisotopic (exact) mass is 227 g/mol. The van der Waals surface area contributed by atoms with Crippen LogP contribution in [0, 0.1) is 0 Å². The van der Waals surface area contributed by atoms with Gasteiger partial charge in [-0.1, -0.05) is 0 Å². The molecule has 1 atom stereocenters. The SMILES string of the molecule is CC1COCCN1C(=O)CN1CCNCC1. The minimum Gasteiger partial charge on any atom is -0.377 e. The van der Waals surface area contributed by atoms with E-state index in [1.807, 2.05) is 4.90 Å². The third-order valence-electron chi connectivity index (χ3n) is 3.26. The summed E-state index contributed by atoms with van der Waals surface area (Å²) in [5.74, 6) is 0.248. The highest BCUT2D eigenvalue weighted by Gasteiger charge is 2.25. The highest BCUT2D eigenvalue weighted by molar-refractivity contribution is 5.78. The maximum Gasteiger partial charge on any atom is 0.237 e. The normalized spacial score (nSPS) is 28.1. The maximum absolute atomic E-state index is 12.1. The Bertz CT molecular complexity index is 241. The van der Waals surface area contributed by atoms with E-state index in [2.05, 4.69) is 17.1 Å². The van der Waals surface area contributed by atoms with Crippen molar-refractivity contribution in [3.8, 4) is 0 Å². The lowest BCUT2D eigenvalue weighted by atomic mass is 10.2. The number of morpholine rings is 1. The van der Waals surface area contributed by atoms with Crippen molar-refractivity contribution in [2.75, 3.05) is 52.5 Å². The van der Waals surface area contributed by atoms with Crippen LogP contribution in [0.4, 0.5) is 0 Å². The molecule has 0 bridgehead atoms. The second-order valence-corrected chi connectivity index (χ2v) is 4.54. The minimum atomic E-state index is 0.226. The van der Waals surface area contributed by atoms with E-state index in [-0.39, 0.29) is 11.9 Å². The Hall–Kier alpha value is -0.650. The summed E-state index contributed by atoms with van der Waals surface area (Å²) in [7, 11) is 0. The molecule has 0 radical (unpaired) electrons. The van der Waals surface area contributed by atoms with Crippen LogP contribution >= 0.6 is 0 Å². The van der Waals surface area contributed by atoms with Gasteiger partial charge in [0.2, 0.25) is 5.91 Å². The largest absolute Gasteiger partial charge is 0.377 e. The van der Waals surface area contributed by atoms with Gasteiger partial charge in [-0.25, -0.2) is 0 Å². The molecule has 1 amide bonds. The maximum atomic E-state index is 12.1. The van der Waals surface area contributed by atoms with Gasteiger partial charge in [0.05, 0.1) is 25.8 Å². The molecule has 2 saturated heterocycles. The van der Waals surface area contributed by atoms with Crippen LogP contribution in [0.3, 0.4) is 0 Å². The minimum absolute atomic E-state index is 0.226. The zero-order valence-electron chi connectivity index (χ0n) is 9.95. The number of carbonyl (C=O) groups excluding carboxylic acids is 1. The number of rotatable bonds is 2. The van der Waals surface area contributed by atoms with Crippen molar-refractivity contribution in [1.29, 1.82) is 0 Å². The molecule has 0 saturated carbocycles. The molecule has 2 rings (SSSR count). The molecule has 0 aromatic carbocycles. The Balaban J connectivity index is 1.81. The molecule has 0 aliphatic carbocycles. The van der Waals surface area contributed by atoms with E-state index < -0.39 is 0 Å². The van der Waals surface area contributed by atoms with Crippen LogP contribution in [-0.2, 0) is 9.53 Å². The van der Waals surface area contributed by atoms with Gasteiger partial charge in [-0.15, -0.1) is 0 Å². The average molecular weight is 227 g/mol. The van der Waals surface area contributed by atoms with Gasteiger partial charge in [0, 0.05) is 32.7 Å². The molecule has 2 aliphatic heterocycles. The van der Waals surface area contributed by atoms with Crippen molar-refractivity contribution in [3.63, 3.8) is 0 Å². The lowest BCUT2D eigenvalue weighted by Crippen LogP contribution is -2.53. The van der Waals surface area contributed by atoms with Gasteiger partial charge >= 0.3 is 0 Å². The molecule has 2 fully saturated rings. The Morgan fingerprint density at radius 3 is 2.81 bits per heavy atom. The number of hydrogen-bond acceptors (Lipinski definition) is 4. The summed E-state index contributed by atoms with van der Waals surface area (Å²) in [5, 5.41) is 3.29. The van der Waals surface area contributed by atoms with Crippen molar-refractivity contribution >= 4 is 5.91 Å². The quantitative estimate of drug-likeness (QED) is 0.667. The van der Waals surface area contributed by atoms with Crippen molar-refractivity contribution in [2.45, 2.75) is 13.0 Å². The Morgan fingerprint density at radius 1 is 1.38 bits per heavy atom. The molecular formula is C11H21N3O2. The third kappa shape index (κ3) is 2.93. The van der Waals surface area contributed by atoms with Crippen LogP contribution in [0.1, 0.15) is 6.92 Å². The van der Waals surface area contributed by atoms with Crippen LogP contribution in [0.2, 0.25) is 0 Å². The average Bonchev–Trinajstić information content (AvgIpc) is 2.31. The van der Waals surface area contributed by atoms with Crippen LogP contribution in [0.25, 0.3) is 0 Å². The first-order chi connectivity index (χ1) is 7.77. The molecule has 16 heavy (non-hydrogen) atoms. The predicted octanol–water partition coefficient (Wildman–Crippen LogP) is -0.861. The van der Waals surface area contributed by atoms with Crippen molar-refractivity contribution in [1.82, 2.24) is 15.1 Å². The fourth-order valence-corrected chi connectivity index (χ4v) is 2.25. The predicted molar refractivity (Wildman–Crippen MR) is 61.3 cm³/mol. The van der Waals surface area contributed by atoms with Crippen molar-refractivity contribution in [2.24, 2.45) is 0 Å². The van der Waals surface area contributed by atoms with E-state index in [4.69, 9.17) is 4.74 Å². The molecule has 1 unspecified atom stereocenters. The van der Waals surface area contributed by atoms with Gasteiger partial charge in [0.15, 0.2) is 0 Å². The lowest BCUT2D eigenvalue weighted by molar-refractivity contribution is -0.140. The van der Waals surface area contributed by atoms with E-state index in [0.29, 0.717) is 19.8 Å². The molecule has 5 heteroatoms. The van der Waals surface area contributed by atoms with Gasteiger partial charge in [-0.2, -0.15) is 0 Å². The van der Waals surface area contributed by atoms with Crippen molar-refractivity contribution < 1.29 is 9.53 Å². The summed E-state index contributed by atoms with van der Waals surface area (Å²) in [4.78, 5) is 16.3. The molecule has 2 heterocycles. The van der Waals surface area contributed by atoms with Crippen molar-refractivity contribution in [3.05, 3.63) is 0 Å². The number of nitrogens with one attached hydrogen (secondary N) is 1. The van der Waals surface area contributed by atoms with Gasteiger partial charge < -0.3 is 15.0 Å². The van der Waals surface area contributed by atoms with Crippen LogP contribution < -0.4 is 5.32 Å². The first kappa shape index (κ1) is 11.8. The number of nitrogens with zero attached hydrogens (tertiary/aromatic N) is 2. The number of ether oxygens (including phenoxy) is 1. The summed E-state index contributed by atoms with van der Waals surface area (Å²) < 4.78 is 5.33. The highest BCUT2D eigenvalue weighted by Crippen LogP contribution is 2.07. The molecule has 0 aromatic heterocycles. The van der Waals surface area contributed by atoms with Gasteiger partial charge in [0.25, 0.3) is 0 Å². The first-order valence-corrected chi connectivity index (χ1v) is 6.07. The topological polar surface area (TPSA) is 44.8 Å². The number of hydrogen-bond donors (Lipinski definition) is 1. The fourth-order valence-electron chi connectivity index (χ4n) is 2.25. The second kappa shape index (κ2) is 5.61. The number of carbonyl (C=O) groups is 1. The molecule has 5 nitrogen and oxygen atoms in total. The Kier molecular flexibility index (Phi) is 4.15. The van der Waals surface area contributed by atoms with E-state index in [9.17, 15) is 4.79 Å². The molecular weight excluding hydrogens is 206 g/mol. The van der Waals surface area contributed by atoms with Gasteiger partial charge in [-0.05, 0) is 6.92 Å². The Morgan fingerprint density at radius 2 is 2.12 bits per heavy atom. The summed E-state index contributed by atoms with van der Waals surface area (Å²) in [5.41, 5.74) is 0. The van der Waals surface area contributed by atoms with Gasteiger partial charge in [-0.3, -0.25) is 9.69 Å². The van der Waals surface area contributed by atoms with Crippen LogP contribution in [0.15, 0.2) is 0 Å². The molecule has 92 valence electrons. The van der Waals surface area contributed by atoms with Gasteiger partial charge in [0.1, 0.15) is 0 Å². The zero-order valence-corrected chi connectivity index (χ0v) is 9.95. The van der Waals surface area contributed by atoms with E-state index in [0.717, 1.165) is 32.7 Å². The van der Waals surface area contributed by atoms with Crippen LogP contribution in [-0.4, -0.2) is 74.2 Å². The zero-order chi connectivity index (χ0) is 11.4. The standard InChI is InChI=1S/C11H21N3O2/c1-10-9-16-7-6-14(10)11(15)8-13-4-2-12-3-5-13/h10,12H,2-9H2,1H3. The summed E-state index contributed by atoms with van der Waals surface area (Å²) >= 11 is 0. The number of piperazine rings is 1. The molecule has 0 aromatic rings. The molecule has 2 aliphatic rings. The fraction of sp³-hybridized carbons (Fsp3) is 0.909. The second-order valence-electron chi connectivity index (χ2n) is 4.54. The van der Waals surface area contributed by atoms with E-state index in [1.54, 1.807) is 0 Å². The highest BCUT2D eigenvalue weighted by atomic mass is 16.5. The van der Waals surface area contributed by atoms with E-state index >= 15 is 0 Å².